The van der Waals surface area contributed by atoms with Crippen molar-refractivity contribution in [3.05, 3.63) is 23.9 Å². The van der Waals surface area contributed by atoms with E-state index < -0.39 is 11.9 Å². The zero-order valence-corrected chi connectivity index (χ0v) is 18.6. The van der Waals surface area contributed by atoms with E-state index >= 15 is 0 Å². The van der Waals surface area contributed by atoms with Crippen molar-refractivity contribution in [2.24, 2.45) is 17.8 Å². The van der Waals surface area contributed by atoms with Gasteiger partial charge in [-0.3, -0.25) is 4.79 Å². The van der Waals surface area contributed by atoms with Gasteiger partial charge in [0.25, 0.3) is 0 Å². The molecule has 0 bridgehead atoms. The number of rotatable bonds is 5. The molecule has 1 N–H and O–H groups in total. The Balaban J connectivity index is 1.23. The van der Waals surface area contributed by atoms with Crippen molar-refractivity contribution >= 4 is 11.7 Å². The lowest BCUT2D eigenvalue weighted by molar-refractivity contribution is -0.141. The standard InChI is InChI=1S/C23H33F3N4O2/c1-16-15-32-12-7-18(16)14-27-19-6-5-17(13-19)22(31)30-10-8-29(9-11-30)21-4-2-3-20(28-21)23(24,25)26/h2-4,16-19,27H,5-15H2,1H3. The summed E-state index contributed by atoms with van der Waals surface area (Å²) in [6, 6.07) is 4.35. The van der Waals surface area contributed by atoms with Gasteiger partial charge in [-0.2, -0.15) is 13.2 Å². The van der Waals surface area contributed by atoms with Crippen molar-refractivity contribution in [3.63, 3.8) is 0 Å². The molecule has 1 aromatic heterocycles. The molecule has 4 unspecified atom stereocenters. The van der Waals surface area contributed by atoms with Crippen LogP contribution in [-0.2, 0) is 15.7 Å². The second-order valence-electron chi connectivity index (χ2n) is 9.41. The lowest BCUT2D eigenvalue weighted by Gasteiger charge is -2.36. The normalized spacial score (nSPS) is 29.4. The lowest BCUT2D eigenvalue weighted by Crippen LogP contribution is -2.50. The number of pyridine rings is 1. The smallest absolute Gasteiger partial charge is 0.381 e. The number of aromatic nitrogens is 1. The first kappa shape index (κ1) is 23.3. The Kier molecular flexibility index (Phi) is 7.24. The predicted octanol–water partition coefficient (Wildman–Crippen LogP) is 3.18. The van der Waals surface area contributed by atoms with E-state index in [1.54, 1.807) is 6.07 Å². The molecular weight excluding hydrogens is 421 g/mol. The summed E-state index contributed by atoms with van der Waals surface area (Å²) in [6.45, 7) is 6.92. The summed E-state index contributed by atoms with van der Waals surface area (Å²) in [7, 11) is 0. The van der Waals surface area contributed by atoms with E-state index in [1.165, 1.54) is 6.07 Å². The van der Waals surface area contributed by atoms with Crippen LogP contribution in [-0.4, -0.2) is 67.8 Å². The van der Waals surface area contributed by atoms with Gasteiger partial charge >= 0.3 is 6.18 Å². The SMILES string of the molecule is CC1COCCC1CNC1CCC(C(=O)N2CCN(c3cccc(C(F)(F)F)n3)CC2)C1. The number of carbonyl (C=O) groups is 1. The van der Waals surface area contributed by atoms with Gasteiger partial charge in [0, 0.05) is 51.4 Å². The number of ether oxygens (including phenoxy) is 1. The maximum atomic E-state index is 13.0. The lowest BCUT2D eigenvalue weighted by atomic mass is 9.89. The van der Waals surface area contributed by atoms with Crippen LogP contribution in [0.3, 0.4) is 0 Å². The number of nitrogens with zero attached hydrogens (tertiary/aromatic N) is 3. The highest BCUT2D eigenvalue weighted by Crippen LogP contribution is 2.31. The van der Waals surface area contributed by atoms with Crippen molar-refractivity contribution in [1.82, 2.24) is 15.2 Å². The third-order valence-electron chi connectivity index (χ3n) is 7.21. The average Bonchev–Trinajstić information content (AvgIpc) is 3.27. The second kappa shape index (κ2) is 9.95. The topological polar surface area (TPSA) is 57.7 Å². The third-order valence-corrected chi connectivity index (χ3v) is 7.21. The minimum atomic E-state index is -4.45. The number of alkyl halides is 3. The summed E-state index contributed by atoms with van der Waals surface area (Å²) in [5, 5.41) is 3.68. The fraction of sp³-hybridized carbons (Fsp3) is 0.739. The molecule has 2 aliphatic heterocycles. The zero-order chi connectivity index (χ0) is 22.7. The molecule has 1 aromatic rings. The van der Waals surface area contributed by atoms with Gasteiger partial charge in [0.05, 0.1) is 0 Å². The molecule has 3 aliphatic rings. The minimum Gasteiger partial charge on any atom is -0.381 e. The number of amides is 1. The molecular formula is C23H33F3N4O2. The summed E-state index contributed by atoms with van der Waals surface area (Å²) >= 11 is 0. The maximum Gasteiger partial charge on any atom is 0.433 e. The first-order chi connectivity index (χ1) is 15.3. The van der Waals surface area contributed by atoms with E-state index in [4.69, 9.17) is 4.74 Å². The van der Waals surface area contributed by atoms with Crippen LogP contribution in [0.2, 0.25) is 0 Å². The first-order valence-corrected chi connectivity index (χ1v) is 11.7. The number of halogens is 3. The minimum absolute atomic E-state index is 0.0397. The summed E-state index contributed by atoms with van der Waals surface area (Å²) in [6.07, 6.45) is -0.582. The van der Waals surface area contributed by atoms with E-state index in [-0.39, 0.29) is 11.8 Å². The predicted molar refractivity (Wildman–Crippen MR) is 115 cm³/mol. The summed E-state index contributed by atoms with van der Waals surface area (Å²) in [5.74, 6) is 1.75. The molecule has 1 amide bonds. The number of carbonyl (C=O) groups excluding carboxylic acids is 1. The van der Waals surface area contributed by atoms with E-state index in [0.717, 1.165) is 51.5 Å². The molecule has 6 nitrogen and oxygen atoms in total. The van der Waals surface area contributed by atoms with Crippen molar-refractivity contribution < 1.29 is 22.7 Å². The molecule has 32 heavy (non-hydrogen) atoms. The molecule has 4 rings (SSSR count). The first-order valence-electron chi connectivity index (χ1n) is 11.7. The van der Waals surface area contributed by atoms with Gasteiger partial charge in [0.2, 0.25) is 5.91 Å². The van der Waals surface area contributed by atoms with E-state index in [0.29, 0.717) is 49.9 Å². The van der Waals surface area contributed by atoms with Crippen LogP contribution < -0.4 is 10.2 Å². The molecule has 2 saturated heterocycles. The fourth-order valence-electron chi connectivity index (χ4n) is 5.11. The van der Waals surface area contributed by atoms with Crippen LogP contribution in [0.4, 0.5) is 19.0 Å². The molecule has 1 saturated carbocycles. The van der Waals surface area contributed by atoms with Crippen LogP contribution in [0.1, 0.15) is 38.3 Å². The largest absolute Gasteiger partial charge is 0.433 e. The molecule has 0 spiro atoms. The summed E-state index contributed by atoms with van der Waals surface area (Å²) in [4.78, 5) is 20.5. The highest BCUT2D eigenvalue weighted by molar-refractivity contribution is 5.79. The van der Waals surface area contributed by atoms with Crippen LogP contribution in [0.5, 0.6) is 0 Å². The van der Waals surface area contributed by atoms with Gasteiger partial charge in [0.15, 0.2) is 0 Å². The molecule has 3 fully saturated rings. The molecule has 0 aromatic carbocycles. The van der Waals surface area contributed by atoms with Crippen molar-refractivity contribution in [3.8, 4) is 0 Å². The molecule has 9 heteroatoms. The average molecular weight is 455 g/mol. The Bertz CT molecular complexity index is 783. The molecule has 3 heterocycles. The van der Waals surface area contributed by atoms with E-state index in [1.807, 2.05) is 9.80 Å². The third kappa shape index (κ3) is 5.54. The van der Waals surface area contributed by atoms with Gasteiger partial charge in [-0.25, -0.2) is 4.98 Å². The van der Waals surface area contributed by atoms with Crippen LogP contribution in [0.25, 0.3) is 0 Å². The van der Waals surface area contributed by atoms with Gasteiger partial charge in [-0.15, -0.1) is 0 Å². The van der Waals surface area contributed by atoms with Crippen LogP contribution >= 0.6 is 0 Å². The van der Waals surface area contributed by atoms with Gasteiger partial charge in [-0.1, -0.05) is 13.0 Å². The Morgan fingerprint density at radius 3 is 2.69 bits per heavy atom. The summed E-state index contributed by atoms with van der Waals surface area (Å²) < 4.78 is 44.3. The number of hydrogen-bond donors (Lipinski definition) is 1. The second-order valence-corrected chi connectivity index (χ2v) is 9.41. The highest BCUT2D eigenvalue weighted by Gasteiger charge is 2.35. The number of nitrogens with one attached hydrogen (secondary N) is 1. The van der Waals surface area contributed by atoms with E-state index in [9.17, 15) is 18.0 Å². The maximum absolute atomic E-state index is 13.0. The van der Waals surface area contributed by atoms with Crippen LogP contribution in [0, 0.1) is 17.8 Å². The number of anilines is 1. The quantitative estimate of drug-likeness (QED) is 0.741. The van der Waals surface area contributed by atoms with E-state index in [2.05, 4.69) is 17.2 Å². The van der Waals surface area contributed by atoms with Crippen LogP contribution in [0.15, 0.2) is 18.2 Å². The fourth-order valence-corrected chi connectivity index (χ4v) is 5.11. The zero-order valence-electron chi connectivity index (χ0n) is 18.6. The van der Waals surface area contributed by atoms with Crippen molar-refractivity contribution in [2.45, 2.75) is 44.8 Å². The monoisotopic (exact) mass is 454 g/mol. The van der Waals surface area contributed by atoms with Gasteiger partial charge in [0.1, 0.15) is 11.5 Å². The van der Waals surface area contributed by atoms with Gasteiger partial charge < -0.3 is 19.9 Å². The Morgan fingerprint density at radius 1 is 1.19 bits per heavy atom. The van der Waals surface area contributed by atoms with Crippen molar-refractivity contribution in [2.75, 3.05) is 50.8 Å². The Morgan fingerprint density at radius 2 is 1.97 bits per heavy atom. The molecule has 0 radical (unpaired) electrons. The number of piperazine rings is 1. The van der Waals surface area contributed by atoms with Crippen molar-refractivity contribution in [1.29, 1.82) is 0 Å². The number of hydrogen-bond acceptors (Lipinski definition) is 5. The summed E-state index contributed by atoms with van der Waals surface area (Å²) in [5.41, 5.74) is -0.881. The molecule has 1 aliphatic carbocycles. The Hall–Kier alpha value is -1.87. The van der Waals surface area contributed by atoms with Gasteiger partial charge in [-0.05, 0) is 56.2 Å². The highest BCUT2D eigenvalue weighted by atomic mass is 19.4. The molecule has 178 valence electrons. The molecule has 4 atom stereocenters. The Labute approximate surface area is 187 Å².